The summed E-state index contributed by atoms with van der Waals surface area (Å²) in [5.74, 6) is 1.76. The Labute approximate surface area is 128 Å². The maximum absolute atomic E-state index is 11.7. The fourth-order valence-electron chi connectivity index (χ4n) is 3.91. The predicted octanol–water partition coefficient (Wildman–Crippen LogP) is 3.00. The van der Waals surface area contributed by atoms with Crippen molar-refractivity contribution in [3.05, 3.63) is 0 Å². The molecular formula is C17H29NO3. The van der Waals surface area contributed by atoms with Crippen LogP contribution in [0.3, 0.4) is 0 Å². The van der Waals surface area contributed by atoms with E-state index in [2.05, 4.69) is 27.7 Å². The van der Waals surface area contributed by atoms with Crippen LogP contribution in [0.1, 0.15) is 59.8 Å². The van der Waals surface area contributed by atoms with Gasteiger partial charge in [-0.3, -0.25) is 14.5 Å². The quantitative estimate of drug-likeness (QED) is 0.733. The van der Waals surface area contributed by atoms with Crippen molar-refractivity contribution >= 4 is 11.8 Å². The Morgan fingerprint density at radius 3 is 2.38 bits per heavy atom. The molecule has 0 radical (unpaired) electrons. The monoisotopic (exact) mass is 295 g/mol. The summed E-state index contributed by atoms with van der Waals surface area (Å²) < 4.78 is 5.82. The second-order valence-electron chi connectivity index (χ2n) is 7.50. The highest BCUT2D eigenvalue weighted by Crippen LogP contribution is 2.38. The Balaban J connectivity index is 1.96. The second-order valence-corrected chi connectivity index (χ2v) is 7.50. The molecule has 0 bridgehead atoms. The van der Waals surface area contributed by atoms with Gasteiger partial charge in [0.2, 0.25) is 11.8 Å². The van der Waals surface area contributed by atoms with E-state index in [-0.39, 0.29) is 17.4 Å². The van der Waals surface area contributed by atoms with Crippen LogP contribution in [0.2, 0.25) is 0 Å². The summed E-state index contributed by atoms with van der Waals surface area (Å²) in [6.07, 6.45) is 3.88. The fraction of sp³-hybridized carbons (Fsp3) is 0.882. The van der Waals surface area contributed by atoms with Crippen LogP contribution in [0.5, 0.6) is 0 Å². The van der Waals surface area contributed by atoms with Crippen LogP contribution in [0.25, 0.3) is 0 Å². The van der Waals surface area contributed by atoms with E-state index in [1.54, 1.807) is 0 Å². The van der Waals surface area contributed by atoms with Crippen molar-refractivity contribution in [2.45, 2.75) is 65.4 Å². The molecule has 0 aromatic heterocycles. The lowest BCUT2D eigenvalue weighted by molar-refractivity contribution is -0.139. The Morgan fingerprint density at radius 2 is 1.86 bits per heavy atom. The van der Waals surface area contributed by atoms with E-state index >= 15 is 0 Å². The van der Waals surface area contributed by atoms with Gasteiger partial charge in [-0.25, -0.2) is 0 Å². The molecule has 2 aliphatic rings. The SMILES string of the molecule is CC(C)[C@@H](CCN1C(=O)CCC1=O)[C@H]1CCOC(C)(C)C1. The second kappa shape index (κ2) is 6.47. The molecule has 2 fully saturated rings. The van der Waals surface area contributed by atoms with Gasteiger partial charge < -0.3 is 4.74 Å². The normalized spacial score (nSPS) is 27.5. The minimum atomic E-state index is -0.0463. The van der Waals surface area contributed by atoms with E-state index in [1.165, 1.54) is 4.90 Å². The van der Waals surface area contributed by atoms with Crippen molar-refractivity contribution in [3.8, 4) is 0 Å². The predicted molar refractivity (Wildman–Crippen MR) is 81.7 cm³/mol. The van der Waals surface area contributed by atoms with Gasteiger partial charge >= 0.3 is 0 Å². The van der Waals surface area contributed by atoms with E-state index in [0.717, 1.165) is 25.9 Å². The van der Waals surface area contributed by atoms with Crippen LogP contribution in [-0.2, 0) is 14.3 Å². The van der Waals surface area contributed by atoms with Gasteiger partial charge in [0, 0.05) is 26.0 Å². The van der Waals surface area contributed by atoms with Gasteiger partial charge in [0.05, 0.1) is 5.60 Å². The average molecular weight is 295 g/mol. The van der Waals surface area contributed by atoms with E-state index in [4.69, 9.17) is 4.74 Å². The number of carbonyl (C=O) groups excluding carboxylic acids is 2. The summed E-state index contributed by atoms with van der Waals surface area (Å²) in [6.45, 7) is 10.2. The molecule has 0 aromatic rings. The molecule has 0 unspecified atom stereocenters. The van der Waals surface area contributed by atoms with E-state index in [0.29, 0.717) is 37.1 Å². The number of ether oxygens (including phenoxy) is 1. The molecule has 0 N–H and O–H groups in total. The van der Waals surface area contributed by atoms with Gasteiger partial charge in [0.25, 0.3) is 0 Å². The minimum absolute atomic E-state index is 0.00909. The Morgan fingerprint density at radius 1 is 1.24 bits per heavy atom. The zero-order chi connectivity index (χ0) is 15.6. The molecule has 2 aliphatic heterocycles. The number of carbonyl (C=O) groups is 2. The first kappa shape index (κ1) is 16.5. The van der Waals surface area contributed by atoms with Crippen molar-refractivity contribution in [2.24, 2.45) is 17.8 Å². The maximum Gasteiger partial charge on any atom is 0.229 e. The minimum Gasteiger partial charge on any atom is -0.376 e. The molecule has 0 saturated carbocycles. The number of rotatable bonds is 5. The molecule has 21 heavy (non-hydrogen) atoms. The summed E-state index contributed by atoms with van der Waals surface area (Å²) in [5, 5.41) is 0. The zero-order valence-electron chi connectivity index (χ0n) is 13.9. The molecule has 4 nitrogen and oxygen atoms in total. The Hall–Kier alpha value is -0.900. The van der Waals surface area contributed by atoms with Gasteiger partial charge in [-0.1, -0.05) is 13.8 Å². The van der Waals surface area contributed by atoms with Gasteiger partial charge in [0.15, 0.2) is 0 Å². The van der Waals surface area contributed by atoms with Crippen LogP contribution >= 0.6 is 0 Å². The Bertz CT molecular complexity index is 387. The van der Waals surface area contributed by atoms with E-state index in [9.17, 15) is 9.59 Å². The van der Waals surface area contributed by atoms with Crippen LogP contribution in [-0.4, -0.2) is 35.5 Å². The van der Waals surface area contributed by atoms with E-state index in [1.807, 2.05) is 0 Å². The highest BCUT2D eigenvalue weighted by Gasteiger charge is 2.36. The number of imide groups is 1. The van der Waals surface area contributed by atoms with Crippen LogP contribution in [0, 0.1) is 17.8 Å². The van der Waals surface area contributed by atoms with Crippen LogP contribution in [0.15, 0.2) is 0 Å². The first-order chi connectivity index (χ1) is 9.80. The molecule has 2 atom stereocenters. The Kier molecular flexibility index (Phi) is 5.07. The number of amides is 2. The first-order valence-corrected chi connectivity index (χ1v) is 8.27. The number of hydrogen-bond acceptors (Lipinski definition) is 3. The molecule has 2 rings (SSSR count). The number of likely N-dealkylation sites (tertiary alicyclic amines) is 1. The summed E-state index contributed by atoms with van der Waals surface area (Å²) in [7, 11) is 0. The smallest absolute Gasteiger partial charge is 0.229 e. The van der Waals surface area contributed by atoms with E-state index < -0.39 is 0 Å². The topological polar surface area (TPSA) is 46.6 Å². The third kappa shape index (κ3) is 4.06. The summed E-state index contributed by atoms with van der Waals surface area (Å²) in [4.78, 5) is 24.9. The molecule has 0 spiro atoms. The van der Waals surface area contributed by atoms with Crippen LogP contribution < -0.4 is 0 Å². The van der Waals surface area contributed by atoms with Gasteiger partial charge in [-0.05, 0) is 50.9 Å². The van der Waals surface area contributed by atoms with Gasteiger partial charge in [0.1, 0.15) is 0 Å². The lowest BCUT2D eigenvalue weighted by Gasteiger charge is -2.41. The molecule has 0 aromatic carbocycles. The summed E-state index contributed by atoms with van der Waals surface area (Å²) in [6, 6.07) is 0. The van der Waals surface area contributed by atoms with Crippen molar-refractivity contribution < 1.29 is 14.3 Å². The van der Waals surface area contributed by atoms with Gasteiger partial charge in [-0.2, -0.15) is 0 Å². The van der Waals surface area contributed by atoms with Crippen molar-refractivity contribution in [1.29, 1.82) is 0 Å². The standard InChI is InChI=1S/C17H29NO3/c1-12(2)14(13-8-10-21-17(3,4)11-13)7-9-18-15(19)5-6-16(18)20/h12-14H,5-11H2,1-4H3/t13-,14+/m0/s1. The van der Waals surface area contributed by atoms with Crippen LogP contribution in [0.4, 0.5) is 0 Å². The summed E-state index contributed by atoms with van der Waals surface area (Å²) in [5.41, 5.74) is -0.0463. The van der Waals surface area contributed by atoms with Crippen molar-refractivity contribution in [1.82, 2.24) is 4.90 Å². The zero-order valence-corrected chi connectivity index (χ0v) is 13.9. The summed E-state index contributed by atoms with van der Waals surface area (Å²) >= 11 is 0. The molecule has 2 saturated heterocycles. The lowest BCUT2D eigenvalue weighted by atomic mass is 9.73. The number of nitrogens with zero attached hydrogens (tertiary/aromatic N) is 1. The van der Waals surface area contributed by atoms with Crippen molar-refractivity contribution in [2.75, 3.05) is 13.2 Å². The average Bonchev–Trinajstić information content (AvgIpc) is 2.69. The fourth-order valence-corrected chi connectivity index (χ4v) is 3.91. The highest BCUT2D eigenvalue weighted by atomic mass is 16.5. The van der Waals surface area contributed by atoms with Crippen molar-refractivity contribution in [3.63, 3.8) is 0 Å². The first-order valence-electron chi connectivity index (χ1n) is 8.27. The third-order valence-electron chi connectivity index (χ3n) is 5.04. The van der Waals surface area contributed by atoms with Gasteiger partial charge in [-0.15, -0.1) is 0 Å². The molecule has 120 valence electrons. The lowest BCUT2D eigenvalue weighted by Crippen LogP contribution is -2.39. The third-order valence-corrected chi connectivity index (χ3v) is 5.04. The maximum atomic E-state index is 11.7. The number of hydrogen-bond donors (Lipinski definition) is 0. The molecular weight excluding hydrogens is 266 g/mol. The molecule has 2 heterocycles. The molecule has 2 amide bonds. The largest absolute Gasteiger partial charge is 0.376 e. The molecule has 0 aliphatic carbocycles. The molecule has 4 heteroatoms. The highest BCUT2D eigenvalue weighted by molar-refractivity contribution is 6.01.